The molecule has 0 aromatic carbocycles. The van der Waals surface area contributed by atoms with Crippen molar-refractivity contribution < 1.29 is 9.21 Å². The molecule has 0 spiro atoms. The smallest absolute Gasteiger partial charge is 0.240 e. The Morgan fingerprint density at radius 2 is 2.32 bits per heavy atom. The first-order valence-electron chi connectivity index (χ1n) is 7.14. The summed E-state index contributed by atoms with van der Waals surface area (Å²) in [5.74, 6) is 0.883. The molecule has 1 aliphatic heterocycles. The van der Waals surface area contributed by atoms with Crippen molar-refractivity contribution in [2.24, 2.45) is 5.92 Å². The van der Waals surface area contributed by atoms with Crippen LogP contribution in [0, 0.1) is 5.92 Å². The van der Waals surface area contributed by atoms with Gasteiger partial charge in [-0.15, -0.1) is 0 Å². The van der Waals surface area contributed by atoms with Gasteiger partial charge < -0.3 is 14.6 Å². The molecule has 1 N–H and O–H groups in total. The SMILES string of the molecule is CNC1CCC2CCCC2N(Cc2cocn2)C1=O. The number of carbonyl (C=O) groups excluding carboxylic acids is 1. The molecule has 3 rings (SSSR count). The zero-order valence-electron chi connectivity index (χ0n) is 11.3. The topological polar surface area (TPSA) is 58.4 Å². The Labute approximate surface area is 113 Å². The van der Waals surface area contributed by atoms with Crippen LogP contribution in [0.25, 0.3) is 0 Å². The van der Waals surface area contributed by atoms with E-state index in [1.54, 1.807) is 6.26 Å². The third kappa shape index (κ3) is 2.39. The molecule has 1 saturated heterocycles. The fourth-order valence-electron chi connectivity index (χ4n) is 3.59. The van der Waals surface area contributed by atoms with Gasteiger partial charge in [-0.3, -0.25) is 4.79 Å². The van der Waals surface area contributed by atoms with Crippen LogP contribution < -0.4 is 5.32 Å². The summed E-state index contributed by atoms with van der Waals surface area (Å²) in [6.45, 7) is 0.578. The van der Waals surface area contributed by atoms with Crippen LogP contribution in [0.1, 0.15) is 37.8 Å². The van der Waals surface area contributed by atoms with Crippen LogP contribution in [0.3, 0.4) is 0 Å². The van der Waals surface area contributed by atoms with Crippen LogP contribution in [-0.2, 0) is 11.3 Å². The fraction of sp³-hybridized carbons (Fsp3) is 0.714. The van der Waals surface area contributed by atoms with Crippen LogP contribution in [-0.4, -0.2) is 34.9 Å². The predicted octanol–water partition coefficient (Wildman–Crippen LogP) is 1.55. The second-order valence-electron chi connectivity index (χ2n) is 5.62. The number of rotatable bonds is 3. The predicted molar refractivity (Wildman–Crippen MR) is 70.3 cm³/mol. The number of nitrogens with one attached hydrogen (secondary N) is 1. The monoisotopic (exact) mass is 263 g/mol. The molecule has 2 fully saturated rings. The molecule has 2 heterocycles. The van der Waals surface area contributed by atoms with E-state index >= 15 is 0 Å². The highest BCUT2D eigenvalue weighted by Crippen LogP contribution is 2.37. The average molecular weight is 263 g/mol. The van der Waals surface area contributed by atoms with E-state index in [0.717, 1.165) is 25.0 Å². The minimum absolute atomic E-state index is 0.0440. The minimum Gasteiger partial charge on any atom is -0.451 e. The Morgan fingerprint density at radius 1 is 1.42 bits per heavy atom. The van der Waals surface area contributed by atoms with Gasteiger partial charge in [0.1, 0.15) is 6.26 Å². The van der Waals surface area contributed by atoms with Gasteiger partial charge in [0, 0.05) is 6.04 Å². The first-order valence-corrected chi connectivity index (χ1v) is 7.14. The molecule has 1 amide bonds. The maximum atomic E-state index is 12.7. The summed E-state index contributed by atoms with van der Waals surface area (Å²) in [5.41, 5.74) is 0.843. The molecular formula is C14H21N3O2. The van der Waals surface area contributed by atoms with E-state index in [1.807, 2.05) is 11.9 Å². The number of amides is 1. The molecule has 0 radical (unpaired) electrons. The standard InChI is InChI=1S/C14H21N3O2/c1-15-12-6-5-10-3-2-4-13(10)17(14(12)18)7-11-8-19-9-16-11/h8-10,12-13,15H,2-7H2,1H3. The number of likely N-dealkylation sites (tertiary alicyclic amines) is 1. The van der Waals surface area contributed by atoms with Crippen molar-refractivity contribution in [2.45, 2.75) is 50.7 Å². The van der Waals surface area contributed by atoms with Crippen molar-refractivity contribution in [2.75, 3.05) is 7.05 Å². The van der Waals surface area contributed by atoms with Gasteiger partial charge in [0.25, 0.3) is 0 Å². The fourth-order valence-corrected chi connectivity index (χ4v) is 3.59. The quantitative estimate of drug-likeness (QED) is 0.899. The molecule has 0 bridgehead atoms. The first-order chi connectivity index (χ1) is 9.29. The number of likely N-dealkylation sites (N-methyl/N-ethyl adjacent to an activating group) is 1. The molecule has 3 atom stereocenters. The summed E-state index contributed by atoms with van der Waals surface area (Å²) < 4.78 is 5.02. The number of hydrogen-bond acceptors (Lipinski definition) is 4. The van der Waals surface area contributed by atoms with Crippen molar-refractivity contribution in [1.29, 1.82) is 0 Å². The van der Waals surface area contributed by atoms with Gasteiger partial charge >= 0.3 is 0 Å². The summed E-state index contributed by atoms with van der Waals surface area (Å²) in [6.07, 6.45) is 8.79. The van der Waals surface area contributed by atoms with Gasteiger partial charge in [-0.05, 0) is 38.6 Å². The van der Waals surface area contributed by atoms with E-state index in [-0.39, 0.29) is 11.9 Å². The Hall–Kier alpha value is -1.36. The van der Waals surface area contributed by atoms with E-state index < -0.39 is 0 Å². The van der Waals surface area contributed by atoms with Crippen LogP contribution in [0.4, 0.5) is 0 Å². The maximum Gasteiger partial charge on any atom is 0.240 e. The lowest BCUT2D eigenvalue weighted by Crippen LogP contribution is -2.47. The van der Waals surface area contributed by atoms with Crippen LogP contribution >= 0.6 is 0 Å². The van der Waals surface area contributed by atoms with Gasteiger partial charge in [0.05, 0.1) is 18.3 Å². The molecule has 1 aromatic rings. The van der Waals surface area contributed by atoms with Crippen LogP contribution in [0.2, 0.25) is 0 Å². The lowest BCUT2D eigenvalue weighted by molar-refractivity contribution is -0.136. The molecule has 5 heteroatoms. The summed E-state index contributed by atoms with van der Waals surface area (Å²) >= 11 is 0. The lowest BCUT2D eigenvalue weighted by atomic mass is 9.97. The van der Waals surface area contributed by atoms with Crippen LogP contribution in [0.5, 0.6) is 0 Å². The molecule has 3 unspecified atom stereocenters. The second kappa shape index (κ2) is 5.33. The van der Waals surface area contributed by atoms with Gasteiger partial charge in [-0.2, -0.15) is 0 Å². The lowest BCUT2D eigenvalue weighted by Gasteiger charge is -2.31. The zero-order valence-corrected chi connectivity index (χ0v) is 11.3. The van der Waals surface area contributed by atoms with Gasteiger partial charge in [-0.1, -0.05) is 6.42 Å². The normalized spacial score (nSPS) is 31.3. The number of nitrogens with zero attached hydrogens (tertiary/aromatic N) is 2. The molecule has 5 nitrogen and oxygen atoms in total. The number of oxazole rings is 1. The zero-order chi connectivity index (χ0) is 13.2. The summed E-state index contributed by atoms with van der Waals surface area (Å²) in [7, 11) is 1.87. The van der Waals surface area contributed by atoms with Gasteiger partial charge in [-0.25, -0.2) is 4.98 Å². The van der Waals surface area contributed by atoms with E-state index in [2.05, 4.69) is 10.3 Å². The maximum absolute atomic E-state index is 12.7. The largest absolute Gasteiger partial charge is 0.451 e. The Balaban J connectivity index is 1.84. The molecule has 104 valence electrons. The summed E-state index contributed by atoms with van der Waals surface area (Å²) in [5, 5.41) is 3.16. The third-order valence-corrected chi connectivity index (χ3v) is 4.59. The number of carbonyl (C=O) groups is 1. The highest BCUT2D eigenvalue weighted by Gasteiger charge is 2.40. The highest BCUT2D eigenvalue weighted by molar-refractivity contribution is 5.82. The first kappa shape index (κ1) is 12.7. The van der Waals surface area contributed by atoms with Crippen molar-refractivity contribution in [3.8, 4) is 0 Å². The summed E-state index contributed by atoms with van der Waals surface area (Å²) in [4.78, 5) is 18.8. The highest BCUT2D eigenvalue weighted by atomic mass is 16.3. The number of hydrogen-bond donors (Lipinski definition) is 1. The number of fused-ring (bicyclic) bond motifs is 1. The van der Waals surface area contributed by atoms with Crippen molar-refractivity contribution in [3.63, 3.8) is 0 Å². The summed E-state index contributed by atoms with van der Waals surface area (Å²) in [6, 6.07) is 0.347. The Morgan fingerprint density at radius 3 is 3.05 bits per heavy atom. The average Bonchev–Trinajstić information content (AvgIpc) is 3.05. The van der Waals surface area contributed by atoms with Gasteiger partial charge in [0.15, 0.2) is 6.39 Å². The molecule has 19 heavy (non-hydrogen) atoms. The van der Waals surface area contributed by atoms with Crippen molar-refractivity contribution in [3.05, 3.63) is 18.4 Å². The molecule has 2 aliphatic rings. The Bertz CT molecular complexity index is 432. The number of aromatic nitrogens is 1. The van der Waals surface area contributed by atoms with Gasteiger partial charge in [0.2, 0.25) is 5.91 Å². The van der Waals surface area contributed by atoms with Crippen molar-refractivity contribution >= 4 is 5.91 Å². The van der Waals surface area contributed by atoms with E-state index in [4.69, 9.17) is 4.42 Å². The van der Waals surface area contributed by atoms with Crippen LogP contribution in [0.15, 0.2) is 17.1 Å². The van der Waals surface area contributed by atoms with E-state index in [1.165, 1.54) is 19.2 Å². The minimum atomic E-state index is -0.0440. The molecular weight excluding hydrogens is 242 g/mol. The third-order valence-electron chi connectivity index (χ3n) is 4.59. The van der Waals surface area contributed by atoms with E-state index in [9.17, 15) is 4.79 Å². The molecule has 1 aromatic heterocycles. The van der Waals surface area contributed by atoms with E-state index in [0.29, 0.717) is 18.5 Å². The Kier molecular flexibility index (Phi) is 3.55. The molecule has 1 saturated carbocycles. The molecule has 1 aliphatic carbocycles. The van der Waals surface area contributed by atoms with Crippen molar-refractivity contribution in [1.82, 2.24) is 15.2 Å². The second-order valence-corrected chi connectivity index (χ2v) is 5.62.